The number of aliphatic hydroxyl groups is 1. The molecule has 11 heavy (non-hydrogen) atoms. The van der Waals surface area contributed by atoms with Crippen LogP contribution in [-0.4, -0.2) is 17.8 Å². The standard InChI is InChI=1S/C9H21NO/c1-7(2)4-9(6-10)5-8(3)11/h7-9,11H,4-6,10H2,1-3H3. The molecular weight excluding hydrogens is 138 g/mol. The Morgan fingerprint density at radius 3 is 2.00 bits per heavy atom. The van der Waals surface area contributed by atoms with Gasteiger partial charge in [0.25, 0.3) is 0 Å². The Kier molecular flexibility index (Phi) is 5.51. The molecule has 0 aromatic rings. The normalized spacial score (nSPS) is 16.9. The fraction of sp³-hybridized carbons (Fsp3) is 1.00. The fourth-order valence-electron chi connectivity index (χ4n) is 1.44. The molecule has 0 aliphatic carbocycles. The second-order valence-corrected chi connectivity index (χ2v) is 3.82. The Morgan fingerprint density at radius 1 is 1.18 bits per heavy atom. The highest BCUT2D eigenvalue weighted by molar-refractivity contribution is 4.64. The lowest BCUT2D eigenvalue weighted by atomic mass is 9.92. The van der Waals surface area contributed by atoms with Crippen molar-refractivity contribution < 1.29 is 5.11 Å². The molecule has 0 radical (unpaired) electrons. The van der Waals surface area contributed by atoms with Gasteiger partial charge in [-0.15, -0.1) is 0 Å². The second-order valence-electron chi connectivity index (χ2n) is 3.82. The van der Waals surface area contributed by atoms with Gasteiger partial charge in [-0.05, 0) is 38.1 Å². The molecule has 0 aromatic heterocycles. The number of rotatable bonds is 5. The molecule has 0 saturated carbocycles. The molecule has 0 aliphatic rings. The third-order valence-electron chi connectivity index (χ3n) is 1.81. The van der Waals surface area contributed by atoms with E-state index >= 15 is 0 Å². The summed E-state index contributed by atoms with van der Waals surface area (Å²) < 4.78 is 0. The minimum atomic E-state index is -0.206. The van der Waals surface area contributed by atoms with Crippen molar-refractivity contribution in [1.82, 2.24) is 0 Å². The maximum absolute atomic E-state index is 9.11. The summed E-state index contributed by atoms with van der Waals surface area (Å²) in [5.74, 6) is 1.18. The molecule has 0 fully saturated rings. The molecule has 0 heterocycles. The quantitative estimate of drug-likeness (QED) is 0.636. The molecule has 2 nitrogen and oxygen atoms in total. The van der Waals surface area contributed by atoms with Crippen LogP contribution in [0.2, 0.25) is 0 Å². The van der Waals surface area contributed by atoms with Crippen LogP contribution in [0.3, 0.4) is 0 Å². The van der Waals surface area contributed by atoms with E-state index in [4.69, 9.17) is 10.8 Å². The van der Waals surface area contributed by atoms with Gasteiger partial charge in [0, 0.05) is 0 Å². The largest absolute Gasteiger partial charge is 0.393 e. The molecule has 0 spiro atoms. The number of hydrogen-bond donors (Lipinski definition) is 2. The third kappa shape index (κ3) is 6.32. The molecule has 0 bridgehead atoms. The van der Waals surface area contributed by atoms with Crippen LogP contribution in [0.15, 0.2) is 0 Å². The van der Waals surface area contributed by atoms with Crippen molar-refractivity contribution in [3.8, 4) is 0 Å². The average molecular weight is 159 g/mol. The maximum atomic E-state index is 9.11. The van der Waals surface area contributed by atoms with E-state index in [1.807, 2.05) is 6.92 Å². The molecule has 2 heteroatoms. The SMILES string of the molecule is CC(C)CC(CN)CC(C)O. The van der Waals surface area contributed by atoms with Crippen molar-refractivity contribution in [2.75, 3.05) is 6.54 Å². The van der Waals surface area contributed by atoms with Gasteiger partial charge in [0.1, 0.15) is 0 Å². The summed E-state index contributed by atoms with van der Waals surface area (Å²) in [5, 5.41) is 9.11. The van der Waals surface area contributed by atoms with E-state index in [0.29, 0.717) is 18.4 Å². The zero-order valence-electron chi connectivity index (χ0n) is 7.88. The Bertz CT molecular complexity index is 81.6. The second kappa shape index (κ2) is 5.56. The first-order chi connectivity index (χ1) is 5.06. The van der Waals surface area contributed by atoms with Crippen LogP contribution >= 0.6 is 0 Å². The van der Waals surface area contributed by atoms with Crippen molar-refractivity contribution >= 4 is 0 Å². The van der Waals surface area contributed by atoms with Crippen molar-refractivity contribution in [2.24, 2.45) is 17.6 Å². The van der Waals surface area contributed by atoms with Gasteiger partial charge in [-0.25, -0.2) is 0 Å². The molecule has 0 aliphatic heterocycles. The highest BCUT2D eigenvalue weighted by Gasteiger charge is 2.11. The summed E-state index contributed by atoms with van der Waals surface area (Å²) >= 11 is 0. The van der Waals surface area contributed by atoms with Crippen molar-refractivity contribution in [2.45, 2.75) is 39.7 Å². The van der Waals surface area contributed by atoms with E-state index in [1.54, 1.807) is 0 Å². The van der Waals surface area contributed by atoms with E-state index < -0.39 is 0 Å². The van der Waals surface area contributed by atoms with Crippen molar-refractivity contribution in [3.63, 3.8) is 0 Å². The topological polar surface area (TPSA) is 46.2 Å². The minimum absolute atomic E-state index is 0.206. The van der Waals surface area contributed by atoms with Crippen LogP contribution in [0.4, 0.5) is 0 Å². The third-order valence-corrected chi connectivity index (χ3v) is 1.81. The van der Waals surface area contributed by atoms with Crippen LogP contribution in [0.5, 0.6) is 0 Å². The first-order valence-electron chi connectivity index (χ1n) is 4.44. The van der Waals surface area contributed by atoms with E-state index in [0.717, 1.165) is 12.8 Å². The van der Waals surface area contributed by atoms with E-state index in [9.17, 15) is 0 Å². The summed E-state index contributed by atoms with van der Waals surface area (Å²) in [4.78, 5) is 0. The predicted molar refractivity (Wildman–Crippen MR) is 48.3 cm³/mol. The van der Waals surface area contributed by atoms with Gasteiger partial charge in [-0.1, -0.05) is 13.8 Å². The average Bonchev–Trinajstić information content (AvgIpc) is 1.84. The van der Waals surface area contributed by atoms with Crippen molar-refractivity contribution in [1.29, 1.82) is 0 Å². The summed E-state index contributed by atoms with van der Waals surface area (Å²) in [7, 11) is 0. The van der Waals surface area contributed by atoms with Crippen LogP contribution in [-0.2, 0) is 0 Å². The first-order valence-corrected chi connectivity index (χ1v) is 4.44. The molecule has 3 N–H and O–H groups in total. The predicted octanol–water partition coefficient (Wildman–Crippen LogP) is 1.38. The summed E-state index contributed by atoms with van der Waals surface area (Å²) in [6.45, 7) is 6.89. The summed E-state index contributed by atoms with van der Waals surface area (Å²) in [6, 6.07) is 0. The molecule has 0 aromatic carbocycles. The van der Waals surface area contributed by atoms with Gasteiger partial charge in [0.2, 0.25) is 0 Å². The van der Waals surface area contributed by atoms with Crippen LogP contribution in [0.1, 0.15) is 33.6 Å². The zero-order chi connectivity index (χ0) is 8.85. The monoisotopic (exact) mass is 159 g/mol. The number of hydrogen-bond acceptors (Lipinski definition) is 2. The lowest BCUT2D eigenvalue weighted by Crippen LogP contribution is -2.20. The molecule has 0 saturated heterocycles. The maximum Gasteiger partial charge on any atom is 0.0515 e. The smallest absolute Gasteiger partial charge is 0.0515 e. The molecule has 0 rings (SSSR count). The minimum Gasteiger partial charge on any atom is -0.393 e. The number of aliphatic hydroxyl groups excluding tert-OH is 1. The summed E-state index contributed by atoms with van der Waals surface area (Å²) in [5.41, 5.74) is 5.56. The van der Waals surface area contributed by atoms with Gasteiger partial charge in [0.05, 0.1) is 6.10 Å². The molecule has 2 atom stereocenters. The van der Waals surface area contributed by atoms with Gasteiger partial charge in [0.15, 0.2) is 0 Å². The fourth-order valence-corrected chi connectivity index (χ4v) is 1.44. The highest BCUT2D eigenvalue weighted by Crippen LogP contribution is 2.15. The van der Waals surface area contributed by atoms with E-state index in [-0.39, 0.29) is 6.10 Å². The molecule has 2 unspecified atom stereocenters. The highest BCUT2D eigenvalue weighted by atomic mass is 16.3. The lowest BCUT2D eigenvalue weighted by molar-refractivity contribution is 0.155. The van der Waals surface area contributed by atoms with Crippen LogP contribution < -0.4 is 5.73 Å². The Labute approximate surface area is 69.8 Å². The molecular formula is C9H21NO. The van der Waals surface area contributed by atoms with Gasteiger partial charge in [-0.3, -0.25) is 0 Å². The number of nitrogens with two attached hydrogens (primary N) is 1. The van der Waals surface area contributed by atoms with Crippen molar-refractivity contribution in [3.05, 3.63) is 0 Å². The van der Waals surface area contributed by atoms with Crippen LogP contribution in [0.25, 0.3) is 0 Å². The Balaban J connectivity index is 3.58. The van der Waals surface area contributed by atoms with Gasteiger partial charge < -0.3 is 10.8 Å². The lowest BCUT2D eigenvalue weighted by Gasteiger charge is -2.18. The van der Waals surface area contributed by atoms with E-state index in [2.05, 4.69) is 13.8 Å². The Hall–Kier alpha value is -0.0800. The first kappa shape index (κ1) is 10.9. The van der Waals surface area contributed by atoms with E-state index in [1.165, 1.54) is 0 Å². The van der Waals surface area contributed by atoms with Gasteiger partial charge in [-0.2, -0.15) is 0 Å². The summed E-state index contributed by atoms with van der Waals surface area (Å²) in [6.07, 6.45) is 1.76. The van der Waals surface area contributed by atoms with Gasteiger partial charge >= 0.3 is 0 Å². The van der Waals surface area contributed by atoms with Crippen LogP contribution in [0, 0.1) is 11.8 Å². The molecule has 68 valence electrons. The molecule has 0 amide bonds. The zero-order valence-corrected chi connectivity index (χ0v) is 7.88. The Morgan fingerprint density at radius 2 is 1.73 bits per heavy atom.